The Kier molecular flexibility index (Phi) is 16.9. The number of rotatable bonds is 21. The fourth-order valence-corrected chi connectivity index (χ4v) is 7.52. The Morgan fingerprint density at radius 2 is 1.19 bits per heavy atom. The highest BCUT2D eigenvalue weighted by molar-refractivity contribution is 7.54. The maximum Gasteiger partial charge on any atom is 0.351 e. The largest absolute Gasteiger partial charge is 0.507 e. The van der Waals surface area contributed by atoms with Gasteiger partial charge in [0.1, 0.15) is 11.5 Å². The summed E-state index contributed by atoms with van der Waals surface area (Å²) < 4.78 is 27.0. The van der Waals surface area contributed by atoms with E-state index in [2.05, 4.69) is 67.9 Å². The first kappa shape index (κ1) is 39.1. The molecule has 0 aliphatic heterocycles. The van der Waals surface area contributed by atoms with Crippen molar-refractivity contribution in [3.05, 3.63) is 28.8 Å². The van der Waals surface area contributed by atoms with Crippen LogP contribution in [-0.2, 0) is 24.4 Å². The molecule has 246 valence electrons. The summed E-state index contributed by atoms with van der Waals surface area (Å²) in [7, 11) is 1.03. The molecule has 1 atom stereocenters. The molecule has 0 saturated carbocycles. The lowest BCUT2D eigenvalue weighted by Crippen LogP contribution is -2.45. The van der Waals surface area contributed by atoms with Crippen LogP contribution in [0.5, 0.6) is 5.75 Å². The monoisotopic (exact) mass is 611 g/mol. The molecule has 1 aromatic rings. The molecule has 7 heteroatoms. The summed E-state index contributed by atoms with van der Waals surface area (Å²) in [4.78, 5) is 0. The molecule has 0 saturated heterocycles. The summed E-state index contributed by atoms with van der Waals surface area (Å²) in [5.41, 5.74) is 1.94. The fraction of sp³-hybridized carbons (Fsp3) is 0.829. The van der Waals surface area contributed by atoms with Crippen molar-refractivity contribution in [1.82, 2.24) is 5.32 Å². The summed E-state index contributed by atoms with van der Waals surface area (Å²) in [6, 6.07) is 3.99. The van der Waals surface area contributed by atoms with Crippen LogP contribution in [0.25, 0.3) is 0 Å². The van der Waals surface area contributed by atoms with E-state index in [0.717, 1.165) is 34.3 Å². The lowest BCUT2D eigenvalue weighted by molar-refractivity contribution is -0.889. The smallest absolute Gasteiger partial charge is 0.351 e. The second-order valence-electron chi connectivity index (χ2n) is 14.8. The molecule has 0 spiro atoms. The standard InChI is InChI=1S/C35H67N2O4P/c1-12-15-16-17-18-19-20-21-22-23-25-37(10,11)26-24-36-33(42(39,40-13-2)41-14-3)29-27-30(34(4,5)6)32(38)31(28-29)35(7,8)9/h27-28,33,36H,12-26H2,1-11H3/p+1. The van der Waals surface area contributed by atoms with Gasteiger partial charge in [-0.25, -0.2) is 0 Å². The van der Waals surface area contributed by atoms with Crippen LogP contribution in [0.2, 0.25) is 0 Å². The molecule has 0 heterocycles. The first-order chi connectivity index (χ1) is 19.5. The van der Waals surface area contributed by atoms with Gasteiger partial charge in [-0.3, -0.25) is 9.88 Å². The highest BCUT2D eigenvalue weighted by atomic mass is 31.2. The molecule has 1 rings (SSSR count). The number of likely N-dealkylation sites (N-methyl/N-ethyl adjacent to an activating group) is 1. The third kappa shape index (κ3) is 13.4. The van der Waals surface area contributed by atoms with Gasteiger partial charge in [0.25, 0.3) is 0 Å². The number of nitrogens with zero attached hydrogens (tertiary/aromatic N) is 1. The van der Waals surface area contributed by atoms with Crippen LogP contribution < -0.4 is 5.32 Å². The van der Waals surface area contributed by atoms with Gasteiger partial charge in [-0.1, -0.05) is 99.8 Å². The van der Waals surface area contributed by atoms with Gasteiger partial charge < -0.3 is 18.6 Å². The number of hydrogen-bond acceptors (Lipinski definition) is 5. The average Bonchev–Trinajstić information content (AvgIpc) is 2.87. The van der Waals surface area contributed by atoms with E-state index in [1.807, 2.05) is 26.0 Å². The summed E-state index contributed by atoms with van der Waals surface area (Å²) in [6.45, 7) is 21.9. The van der Waals surface area contributed by atoms with E-state index in [-0.39, 0.29) is 10.8 Å². The molecule has 0 amide bonds. The molecule has 1 aromatic carbocycles. The van der Waals surface area contributed by atoms with E-state index in [9.17, 15) is 9.67 Å². The second-order valence-corrected chi connectivity index (χ2v) is 16.9. The van der Waals surface area contributed by atoms with Crippen LogP contribution >= 0.6 is 7.60 Å². The second kappa shape index (κ2) is 18.2. The number of nitrogens with one attached hydrogen (secondary N) is 1. The third-order valence-corrected chi connectivity index (χ3v) is 10.5. The zero-order valence-electron chi connectivity index (χ0n) is 29.4. The highest BCUT2D eigenvalue weighted by Crippen LogP contribution is 2.60. The van der Waals surface area contributed by atoms with Crippen molar-refractivity contribution in [3.63, 3.8) is 0 Å². The predicted octanol–water partition coefficient (Wildman–Crippen LogP) is 9.84. The molecule has 0 fully saturated rings. The van der Waals surface area contributed by atoms with Crippen molar-refractivity contribution in [2.45, 2.75) is 143 Å². The number of phenolic OH excluding ortho intramolecular Hbond substituents is 1. The molecule has 0 aromatic heterocycles. The number of benzene rings is 1. The number of phenols is 1. The van der Waals surface area contributed by atoms with Crippen molar-refractivity contribution in [1.29, 1.82) is 0 Å². The van der Waals surface area contributed by atoms with Gasteiger partial charge in [0, 0.05) is 6.54 Å². The number of hydrogen-bond donors (Lipinski definition) is 2. The van der Waals surface area contributed by atoms with E-state index in [1.165, 1.54) is 64.2 Å². The zero-order valence-corrected chi connectivity index (χ0v) is 30.3. The van der Waals surface area contributed by atoms with Gasteiger partial charge in [-0.05, 0) is 66.3 Å². The van der Waals surface area contributed by atoms with E-state index in [1.54, 1.807) is 0 Å². The van der Waals surface area contributed by atoms with Gasteiger partial charge >= 0.3 is 7.60 Å². The molecule has 0 bridgehead atoms. The van der Waals surface area contributed by atoms with E-state index >= 15 is 0 Å². The van der Waals surface area contributed by atoms with E-state index in [4.69, 9.17) is 9.05 Å². The first-order valence-electron chi connectivity index (χ1n) is 16.8. The zero-order chi connectivity index (χ0) is 32.0. The normalized spacial score (nSPS) is 14.0. The van der Waals surface area contributed by atoms with Crippen molar-refractivity contribution < 1.29 is 23.2 Å². The fourth-order valence-electron chi connectivity index (χ4n) is 5.56. The highest BCUT2D eigenvalue weighted by Gasteiger charge is 2.39. The molecule has 42 heavy (non-hydrogen) atoms. The van der Waals surface area contributed by atoms with Crippen molar-refractivity contribution in [2.75, 3.05) is 46.9 Å². The summed E-state index contributed by atoms with van der Waals surface area (Å²) in [5, 5.41) is 14.9. The van der Waals surface area contributed by atoms with Crippen LogP contribution in [0, 0.1) is 0 Å². The molecule has 0 aliphatic carbocycles. The molecular weight excluding hydrogens is 543 g/mol. The predicted molar refractivity (Wildman–Crippen MR) is 181 cm³/mol. The van der Waals surface area contributed by atoms with Gasteiger partial charge in [0.15, 0.2) is 0 Å². The maximum absolute atomic E-state index is 14.3. The number of quaternary nitrogens is 1. The van der Waals surface area contributed by atoms with Gasteiger partial charge in [-0.2, -0.15) is 0 Å². The third-order valence-electron chi connectivity index (χ3n) is 8.17. The number of aromatic hydroxyl groups is 1. The topological polar surface area (TPSA) is 67.8 Å². The van der Waals surface area contributed by atoms with Crippen LogP contribution in [0.15, 0.2) is 12.1 Å². The van der Waals surface area contributed by atoms with Crippen molar-refractivity contribution in [3.8, 4) is 5.75 Å². The van der Waals surface area contributed by atoms with Gasteiger partial charge in [-0.15, -0.1) is 0 Å². The maximum atomic E-state index is 14.3. The Balaban J connectivity index is 3.03. The summed E-state index contributed by atoms with van der Waals surface area (Å²) >= 11 is 0. The Labute approximate surface area is 260 Å². The quantitative estimate of drug-likeness (QED) is 0.0823. The molecule has 0 radical (unpaired) electrons. The van der Waals surface area contributed by atoms with Crippen molar-refractivity contribution >= 4 is 7.60 Å². The minimum atomic E-state index is -3.54. The summed E-state index contributed by atoms with van der Waals surface area (Å²) in [6.07, 6.45) is 13.4. The molecule has 2 N–H and O–H groups in total. The van der Waals surface area contributed by atoms with Crippen LogP contribution in [0.1, 0.15) is 149 Å². The molecule has 1 unspecified atom stereocenters. The lowest BCUT2D eigenvalue weighted by atomic mass is 9.78. The van der Waals surface area contributed by atoms with Crippen LogP contribution in [-0.4, -0.2) is 56.5 Å². The Bertz CT molecular complexity index is 904. The minimum Gasteiger partial charge on any atom is -0.507 e. The van der Waals surface area contributed by atoms with Crippen LogP contribution in [0.3, 0.4) is 0 Å². The van der Waals surface area contributed by atoms with E-state index < -0.39 is 13.4 Å². The Morgan fingerprint density at radius 1 is 0.762 bits per heavy atom. The first-order valence-corrected chi connectivity index (χ1v) is 18.5. The Hall–Kier alpha value is -0.910. The molecular formula is C35H68N2O4P+. The number of unbranched alkanes of at least 4 members (excludes halogenated alkanes) is 9. The molecule has 6 nitrogen and oxygen atoms in total. The van der Waals surface area contributed by atoms with Crippen LogP contribution in [0.4, 0.5) is 0 Å². The van der Waals surface area contributed by atoms with Crippen molar-refractivity contribution in [2.24, 2.45) is 0 Å². The lowest BCUT2D eigenvalue weighted by Gasteiger charge is -2.34. The van der Waals surface area contributed by atoms with Gasteiger partial charge in [0.05, 0.1) is 40.4 Å². The van der Waals surface area contributed by atoms with Gasteiger partial charge in [0.2, 0.25) is 0 Å². The SMILES string of the molecule is CCCCCCCCCCCC[N+](C)(C)CCNC(c1cc(C(C)(C)C)c(O)c(C(C)(C)C)c1)P(=O)(OCC)OCC. The average molecular weight is 612 g/mol. The Morgan fingerprint density at radius 3 is 1.60 bits per heavy atom. The summed E-state index contributed by atoms with van der Waals surface area (Å²) in [5.74, 6) is -0.313. The van der Waals surface area contributed by atoms with E-state index in [0.29, 0.717) is 25.5 Å². The minimum absolute atomic E-state index is 0.292. The molecule has 0 aliphatic rings.